The summed E-state index contributed by atoms with van der Waals surface area (Å²) in [4.78, 5) is 9.93. The summed E-state index contributed by atoms with van der Waals surface area (Å²) < 4.78 is 2.48. The van der Waals surface area contributed by atoms with Crippen LogP contribution in [0, 0.1) is 6.92 Å². The molecule has 0 unspecified atom stereocenters. The molecule has 0 aliphatic rings. The molecule has 0 spiro atoms. The van der Waals surface area contributed by atoms with E-state index in [1.165, 1.54) is 11.3 Å². The number of nitrogens with zero attached hydrogens (tertiary/aromatic N) is 2. The smallest absolute Gasteiger partial charge is 0.172 e. The molecular weight excluding hydrogens is 401 g/mol. The molecule has 0 atom stereocenters. The van der Waals surface area contributed by atoms with Gasteiger partial charge in [-0.05, 0) is 51.8 Å². The lowest BCUT2D eigenvalue weighted by molar-refractivity contribution is 1.07. The van der Waals surface area contributed by atoms with E-state index in [4.69, 9.17) is 11.6 Å². The zero-order valence-electron chi connectivity index (χ0n) is 9.72. The Labute approximate surface area is 131 Å². The highest BCUT2D eigenvalue weighted by atomic mass is 79.9. The van der Waals surface area contributed by atoms with Crippen molar-refractivity contribution in [1.29, 1.82) is 0 Å². The van der Waals surface area contributed by atoms with Gasteiger partial charge in [0.05, 0.1) is 15.0 Å². The molecule has 2 heterocycles. The number of hydrogen-bond acceptors (Lipinski definition) is 4. The van der Waals surface area contributed by atoms with E-state index in [1.807, 2.05) is 19.9 Å². The maximum atomic E-state index is 6.04. The molecule has 0 fully saturated rings. The number of rotatable bonds is 3. The number of aryl methyl sites for hydroxylation is 1. The fourth-order valence-electron chi connectivity index (χ4n) is 1.41. The average Bonchev–Trinajstić information content (AvgIpc) is 2.65. The van der Waals surface area contributed by atoms with Gasteiger partial charge in [-0.3, -0.25) is 0 Å². The van der Waals surface area contributed by atoms with Crippen molar-refractivity contribution in [3.63, 3.8) is 0 Å². The van der Waals surface area contributed by atoms with E-state index >= 15 is 0 Å². The number of thiophene rings is 1. The lowest BCUT2D eigenvalue weighted by Gasteiger charge is -2.08. The number of halogens is 3. The molecule has 0 saturated heterocycles. The first-order valence-corrected chi connectivity index (χ1v) is 8.04. The van der Waals surface area contributed by atoms with Gasteiger partial charge in [0.25, 0.3) is 0 Å². The summed E-state index contributed by atoms with van der Waals surface area (Å²) >= 11 is 14.4. The van der Waals surface area contributed by atoms with Crippen LogP contribution in [0.1, 0.15) is 12.6 Å². The first kappa shape index (κ1) is 14.2. The second kappa shape index (κ2) is 5.86. The van der Waals surface area contributed by atoms with E-state index in [9.17, 15) is 0 Å². The van der Waals surface area contributed by atoms with E-state index in [2.05, 4.69) is 47.1 Å². The van der Waals surface area contributed by atoms with Crippen molar-refractivity contribution >= 4 is 60.6 Å². The number of hydrogen-bond donors (Lipinski definition) is 1. The molecule has 7 heteroatoms. The Bertz CT molecular complexity index is 566. The van der Waals surface area contributed by atoms with Crippen LogP contribution in [0.5, 0.6) is 0 Å². The number of anilines is 1. The van der Waals surface area contributed by atoms with Crippen LogP contribution in [0.2, 0.25) is 4.34 Å². The molecule has 2 aromatic heterocycles. The largest absolute Gasteiger partial charge is 0.369 e. The third-order valence-corrected chi connectivity index (χ3v) is 5.65. The van der Waals surface area contributed by atoms with Crippen LogP contribution in [0.4, 0.5) is 5.82 Å². The summed E-state index contributed by atoms with van der Waals surface area (Å²) in [6.45, 7) is 4.78. The molecule has 0 radical (unpaired) electrons. The zero-order chi connectivity index (χ0) is 13.3. The zero-order valence-corrected chi connectivity index (χ0v) is 14.5. The highest BCUT2D eigenvalue weighted by molar-refractivity contribution is 9.11. The van der Waals surface area contributed by atoms with Crippen molar-refractivity contribution in [2.45, 2.75) is 13.8 Å². The normalized spacial score (nSPS) is 10.7. The SMILES string of the molecule is CCNc1nc(-c2cc(Br)c(Cl)s2)nc(C)c1Br. The molecule has 3 nitrogen and oxygen atoms in total. The van der Waals surface area contributed by atoms with Gasteiger partial charge in [0.1, 0.15) is 10.2 Å². The van der Waals surface area contributed by atoms with E-state index in [0.717, 1.165) is 31.9 Å². The fraction of sp³-hybridized carbons (Fsp3) is 0.273. The van der Waals surface area contributed by atoms with E-state index in [-0.39, 0.29) is 0 Å². The van der Waals surface area contributed by atoms with E-state index < -0.39 is 0 Å². The Kier molecular flexibility index (Phi) is 4.64. The predicted octanol–water partition coefficient (Wildman–Crippen LogP) is 5.12. The maximum absolute atomic E-state index is 6.04. The molecule has 0 saturated carbocycles. The minimum atomic E-state index is 0.684. The van der Waals surface area contributed by atoms with Crippen LogP contribution >= 0.6 is 54.8 Å². The molecule has 0 aliphatic heterocycles. The van der Waals surface area contributed by atoms with Gasteiger partial charge in [-0.15, -0.1) is 11.3 Å². The Morgan fingerprint density at radius 2 is 2.11 bits per heavy atom. The Balaban J connectivity index is 2.51. The van der Waals surface area contributed by atoms with E-state index in [0.29, 0.717) is 10.2 Å². The van der Waals surface area contributed by atoms with Crippen molar-refractivity contribution < 1.29 is 0 Å². The summed E-state index contributed by atoms with van der Waals surface area (Å²) in [5, 5.41) is 3.21. The topological polar surface area (TPSA) is 37.8 Å². The molecular formula is C11H10Br2ClN3S. The van der Waals surface area contributed by atoms with Gasteiger partial charge in [-0.2, -0.15) is 0 Å². The minimum absolute atomic E-state index is 0.684. The second-order valence-corrected chi connectivity index (χ2v) is 6.86. The Morgan fingerprint density at radius 1 is 1.39 bits per heavy atom. The van der Waals surface area contributed by atoms with Crippen LogP contribution in [0.25, 0.3) is 10.7 Å². The summed E-state index contributed by atoms with van der Waals surface area (Å²) in [5.41, 5.74) is 0.900. The molecule has 1 N–H and O–H groups in total. The minimum Gasteiger partial charge on any atom is -0.369 e. The van der Waals surface area contributed by atoms with Gasteiger partial charge >= 0.3 is 0 Å². The summed E-state index contributed by atoms with van der Waals surface area (Å²) in [6, 6.07) is 1.94. The monoisotopic (exact) mass is 409 g/mol. The lowest BCUT2D eigenvalue weighted by Crippen LogP contribution is -2.04. The Hall–Kier alpha value is -0.170. The third kappa shape index (κ3) is 2.87. The van der Waals surface area contributed by atoms with Crippen molar-refractivity contribution in [2.24, 2.45) is 0 Å². The van der Waals surface area contributed by atoms with Gasteiger partial charge in [-0.1, -0.05) is 11.6 Å². The summed E-state index contributed by atoms with van der Waals surface area (Å²) in [6.07, 6.45) is 0. The molecule has 0 amide bonds. The molecule has 96 valence electrons. The highest BCUT2D eigenvalue weighted by Gasteiger charge is 2.13. The van der Waals surface area contributed by atoms with Crippen LogP contribution in [-0.2, 0) is 0 Å². The number of nitrogens with one attached hydrogen (secondary N) is 1. The van der Waals surface area contributed by atoms with Crippen molar-refractivity contribution in [3.8, 4) is 10.7 Å². The van der Waals surface area contributed by atoms with Gasteiger partial charge in [0.2, 0.25) is 0 Å². The summed E-state index contributed by atoms with van der Waals surface area (Å²) in [5.74, 6) is 1.49. The predicted molar refractivity (Wildman–Crippen MR) is 84.7 cm³/mol. The van der Waals surface area contributed by atoms with Crippen LogP contribution in [0.15, 0.2) is 15.0 Å². The van der Waals surface area contributed by atoms with Crippen molar-refractivity contribution in [1.82, 2.24) is 9.97 Å². The average molecular weight is 412 g/mol. The van der Waals surface area contributed by atoms with Crippen LogP contribution < -0.4 is 5.32 Å². The van der Waals surface area contributed by atoms with Gasteiger partial charge in [0, 0.05) is 11.0 Å². The van der Waals surface area contributed by atoms with Gasteiger partial charge < -0.3 is 5.32 Å². The first-order chi connectivity index (χ1) is 8.52. The highest BCUT2D eigenvalue weighted by Crippen LogP contribution is 2.37. The third-order valence-electron chi connectivity index (χ3n) is 2.23. The van der Waals surface area contributed by atoms with Gasteiger partial charge in [-0.25, -0.2) is 9.97 Å². The molecule has 0 aromatic carbocycles. The van der Waals surface area contributed by atoms with Crippen LogP contribution in [-0.4, -0.2) is 16.5 Å². The van der Waals surface area contributed by atoms with Crippen LogP contribution in [0.3, 0.4) is 0 Å². The molecule has 0 aliphatic carbocycles. The Morgan fingerprint density at radius 3 is 2.67 bits per heavy atom. The molecule has 2 rings (SSSR count). The molecule has 2 aromatic rings. The van der Waals surface area contributed by atoms with Gasteiger partial charge in [0.15, 0.2) is 5.82 Å². The van der Waals surface area contributed by atoms with E-state index in [1.54, 1.807) is 0 Å². The number of aromatic nitrogens is 2. The summed E-state index contributed by atoms with van der Waals surface area (Å²) in [7, 11) is 0. The second-order valence-electron chi connectivity index (χ2n) is 3.56. The van der Waals surface area contributed by atoms with Crippen molar-refractivity contribution in [2.75, 3.05) is 11.9 Å². The first-order valence-electron chi connectivity index (χ1n) is 5.26. The molecule has 0 bridgehead atoms. The fourth-order valence-corrected chi connectivity index (χ4v) is 3.36. The van der Waals surface area contributed by atoms with Crippen molar-refractivity contribution in [3.05, 3.63) is 25.0 Å². The quantitative estimate of drug-likeness (QED) is 0.761. The molecule has 18 heavy (non-hydrogen) atoms. The standard InChI is InChI=1S/C11H10Br2ClN3S/c1-3-15-11-8(13)5(2)16-10(17-11)7-4-6(12)9(14)18-7/h4H,3H2,1-2H3,(H,15,16,17). The lowest BCUT2D eigenvalue weighted by atomic mass is 10.3. The maximum Gasteiger partial charge on any atom is 0.172 e.